The van der Waals surface area contributed by atoms with Gasteiger partial charge in [-0.05, 0) is 0 Å². The van der Waals surface area contributed by atoms with Crippen molar-refractivity contribution >= 4 is 11.7 Å². The molecule has 0 aromatic heterocycles. The van der Waals surface area contributed by atoms with Crippen LogP contribution >= 0.6 is 0 Å². The van der Waals surface area contributed by atoms with E-state index in [4.69, 9.17) is 0 Å². The number of carbonyl (C=O) groups is 2. The Morgan fingerprint density at radius 1 is 1.36 bits per heavy atom. The van der Waals surface area contributed by atoms with Crippen molar-refractivity contribution in [2.24, 2.45) is 5.92 Å². The highest BCUT2D eigenvalue weighted by Crippen LogP contribution is 1.94. The first-order chi connectivity index (χ1) is 4.95. The normalized spacial score (nSPS) is 9.45. The van der Waals surface area contributed by atoms with Crippen molar-refractivity contribution < 1.29 is 9.59 Å². The van der Waals surface area contributed by atoms with Crippen molar-refractivity contribution in [1.82, 2.24) is 5.32 Å². The molecule has 0 rings (SSSR count). The van der Waals surface area contributed by atoms with Crippen LogP contribution in [0.3, 0.4) is 0 Å². The minimum Gasteiger partial charge on any atom is -0.323 e. The van der Waals surface area contributed by atoms with Gasteiger partial charge < -0.3 is 5.32 Å². The van der Waals surface area contributed by atoms with Gasteiger partial charge >= 0.3 is 0 Å². The second-order valence-electron chi connectivity index (χ2n) is 2.68. The molecule has 1 amide bonds. The van der Waals surface area contributed by atoms with Gasteiger partial charge in [-0.1, -0.05) is 20.4 Å². The van der Waals surface area contributed by atoms with Crippen LogP contribution in [-0.2, 0) is 9.59 Å². The van der Waals surface area contributed by atoms with Gasteiger partial charge in [-0.2, -0.15) is 0 Å². The average molecular weight is 155 g/mol. The smallest absolute Gasteiger partial charge is 0.227 e. The van der Waals surface area contributed by atoms with Crippen molar-refractivity contribution in [2.45, 2.75) is 20.8 Å². The van der Waals surface area contributed by atoms with Gasteiger partial charge in [0.15, 0.2) is 5.78 Å². The highest BCUT2D eigenvalue weighted by Gasteiger charge is 2.09. The van der Waals surface area contributed by atoms with Crippen LogP contribution in [0.4, 0.5) is 0 Å². The van der Waals surface area contributed by atoms with E-state index in [-0.39, 0.29) is 23.3 Å². The van der Waals surface area contributed by atoms with Gasteiger partial charge in [0.1, 0.15) is 0 Å². The first kappa shape index (κ1) is 9.88. The van der Waals surface area contributed by atoms with Crippen LogP contribution in [0.15, 0.2) is 12.3 Å². The summed E-state index contributed by atoms with van der Waals surface area (Å²) in [5.74, 6) is -0.504. The molecule has 0 saturated heterocycles. The summed E-state index contributed by atoms with van der Waals surface area (Å²) in [6.07, 6.45) is 0. The number of Topliss-reactive ketones (excluding diaryl/α,β-unsaturated/α-hetero) is 1. The summed E-state index contributed by atoms with van der Waals surface area (Å²) in [6, 6.07) is 0. The molecule has 0 aliphatic heterocycles. The Bertz CT molecular complexity index is 194. The van der Waals surface area contributed by atoms with Crippen molar-refractivity contribution in [3.63, 3.8) is 0 Å². The number of rotatable bonds is 3. The molecule has 3 nitrogen and oxygen atoms in total. The fraction of sp³-hybridized carbons (Fsp3) is 0.500. The number of nitrogens with one attached hydrogen (secondary N) is 1. The molecule has 11 heavy (non-hydrogen) atoms. The molecule has 0 heterocycles. The van der Waals surface area contributed by atoms with Crippen molar-refractivity contribution in [3.8, 4) is 0 Å². The third-order valence-corrected chi connectivity index (χ3v) is 1.22. The maximum Gasteiger partial charge on any atom is 0.227 e. The highest BCUT2D eigenvalue weighted by molar-refractivity contribution is 5.96. The van der Waals surface area contributed by atoms with Gasteiger partial charge in [0.2, 0.25) is 5.91 Å². The van der Waals surface area contributed by atoms with Crippen LogP contribution in [0.1, 0.15) is 20.8 Å². The highest BCUT2D eigenvalue weighted by atomic mass is 16.2. The van der Waals surface area contributed by atoms with E-state index in [0.29, 0.717) is 0 Å². The monoisotopic (exact) mass is 155 g/mol. The Hall–Kier alpha value is -1.12. The molecular weight excluding hydrogens is 142 g/mol. The lowest BCUT2D eigenvalue weighted by Crippen LogP contribution is -2.29. The molecule has 0 aliphatic rings. The Morgan fingerprint density at radius 3 is 2.09 bits per heavy atom. The molecule has 1 N–H and O–H groups in total. The minimum absolute atomic E-state index is 0.119. The number of hydrogen-bond donors (Lipinski definition) is 1. The van der Waals surface area contributed by atoms with Gasteiger partial charge in [0.05, 0.1) is 5.70 Å². The van der Waals surface area contributed by atoms with Gasteiger partial charge in [-0.3, -0.25) is 9.59 Å². The maximum atomic E-state index is 10.9. The molecule has 62 valence electrons. The Kier molecular flexibility index (Phi) is 3.51. The summed E-state index contributed by atoms with van der Waals surface area (Å²) < 4.78 is 0. The predicted molar refractivity (Wildman–Crippen MR) is 42.8 cm³/mol. The summed E-state index contributed by atoms with van der Waals surface area (Å²) in [6.45, 7) is 8.26. The second kappa shape index (κ2) is 3.91. The van der Waals surface area contributed by atoms with E-state index < -0.39 is 0 Å². The summed E-state index contributed by atoms with van der Waals surface area (Å²) in [5.41, 5.74) is 0.156. The number of amides is 1. The molecule has 0 radical (unpaired) electrons. The second-order valence-corrected chi connectivity index (χ2v) is 2.68. The van der Waals surface area contributed by atoms with E-state index >= 15 is 0 Å². The Morgan fingerprint density at radius 2 is 1.82 bits per heavy atom. The molecule has 0 unspecified atom stereocenters. The van der Waals surface area contributed by atoms with E-state index in [2.05, 4.69) is 11.9 Å². The quantitative estimate of drug-likeness (QED) is 0.614. The van der Waals surface area contributed by atoms with Gasteiger partial charge in [-0.15, -0.1) is 0 Å². The number of carbonyl (C=O) groups excluding carboxylic acids is 2. The lowest BCUT2D eigenvalue weighted by molar-refractivity contribution is -0.124. The average Bonchev–Trinajstić information content (AvgIpc) is 1.87. The van der Waals surface area contributed by atoms with E-state index in [1.54, 1.807) is 13.8 Å². The molecule has 0 atom stereocenters. The zero-order chi connectivity index (χ0) is 9.02. The summed E-state index contributed by atoms with van der Waals surface area (Å²) in [4.78, 5) is 21.5. The first-order valence-electron chi connectivity index (χ1n) is 3.46. The van der Waals surface area contributed by atoms with Crippen LogP contribution in [0.5, 0.6) is 0 Å². The lowest BCUT2D eigenvalue weighted by atomic mass is 10.2. The summed E-state index contributed by atoms with van der Waals surface area (Å²) in [7, 11) is 0. The lowest BCUT2D eigenvalue weighted by Gasteiger charge is -2.06. The zero-order valence-electron chi connectivity index (χ0n) is 7.10. The topological polar surface area (TPSA) is 46.2 Å². The molecule has 0 aromatic rings. The van der Waals surface area contributed by atoms with Crippen LogP contribution < -0.4 is 5.32 Å². The van der Waals surface area contributed by atoms with Crippen molar-refractivity contribution in [1.29, 1.82) is 0 Å². The third kappa shape index (κ3) is 3.55. The van der Waals surface area contributed by atoms with E-state index in [9.17, 15) is 9.59 Å². The van der Waals surface area contributed by atoms with E-state index in [1.807, 2.05) is 0 Å². The predicted octanol–water partition coefficient (Wildman–Crippen LogP) is 0.861. The molecule has 0 spiro atoms. The molecule has 0 aromatic carbocycles. The van der Waals surface area contributed by atoms with Gasteiger partial charge in [0, 0.05) is 12.8 Å². The van der Waals surface area contributed by atoms with Crippen molar-refractivity contribution in [2.75, 3.05) is 0 Å². The van der Waals surface area contributed by atoms with Gasteiger partial charge in [0.25, 0.3) is 0 Å². The minimum atomic E-state index is -0.209. The molecule has 0 fully saturated rings. The van der Waals surface area contributed by atoms with E-state index in [1.165, 1.54) is 6.92 Å². The van der Waals surface area contributed by atoms with Crippen LogP contribution in [0.25, 0.3) is 0 Å². The molecule has 0 bridgehead atoms. The summed E-state index contributed by atoms with van der Waals surface area (Å²) >= 11 is 0. The fourth-order valence-electron chi connectivity index (χ4n) is 0.381. The van der Waals surface area contributed by atoms with E-state index in [0.717, 1.165) is 0 Å². The molecule has 0 saturated carbocycles. The number of allylic oxidation sites excluding steroid dienone is 1. The maximum absolute atomic E-state index is 10.9. The van der Waals surface area contributed by atoms with Gasteiger partial charge in [-0.25, -0.2) is 0 Å². The number of ketones is 1. The zero-order valence-corrected chi connectivity index (χ0v) is 7.10. The van der Waals surface area contributed by atoms with Crippen molar-refractivity contribution in [3.05, 3.63) is 12.3 Å². The molecule has 3 heteroatoms. The SMILES string of the molecule is C=C(NC(=O)C(C)C)C(C)=O. The third-order valence-electron chi connectivity index (χ3n) is 1.22. The van der Waals surface area contributed by atoms with Crippen LogP contribution in [-0.4, -0.2) is 11.7 Å². The summed E-state index contributed by atoms with van der Waals surface area (Å²) in [5, 5.41) is 2.40. The number of hydrogen-bond acceptors (Lipinski definition) is 2. The standard InChI is InChI=1S/C8H13NO2/c1-5(2)8(11)9-6(3)7(4)10/h5H,3H2,1-2,4H3,(H,9,11). The molecular formula is C8H13NO2. The largest absolute Gasteiger partial charge is 0.323 e. The molecule has 0 aliphatic carbocycles. The Balaban J connectivity index is 3.96. The van der Waals surface area contributed by atoms with Crippen LogP contribution in [0.2, 0.25) is 0 Å². The fourth-order valence-corrected chi connectivity index (χ4v) is 0.381. The van der Waals surface area contributed by atoms with Crippen LogP contribution in [0, 0.1) is 5.92 Å². The first-order valence-corrected chi connectivity index (χ1v) is 3.46. The Labute approximate surface area is 66.5 Å².